The number of nitrogens with one attached hydrogen (secondary N) is 1. The Morgan fingerprint density at radius 2 is 1.86 bits per heavy atom. The van der Waals surface area contributed by atoms with Crippen LogP contribution in [-0.4, -0.2) is 49.6 Å². The largest absolute Gasteiger partial charge is 0.349 e. The van der Waals surface area contributed by atoms with Crippen LogP contribution in [0.2, 0.25) is 0 Å². The van der Waals surface area contributed by atoms with Gasteiger partial charge in [0.25, 0.3) is 0 Å². The zero-order chi connectivity index (χ0) is 15.5. The number of hydrogen-bond acceptors (Lipinski definition) is 4. The molecule has 0 aromatic rings. The van der Waals surface area contributed by atoms with Crippen molar-refractivity contribution in [2.75, 3.05) is 25.4 Å². The summed E-state index contributed by atoms with van der Waals surface area (Å²) in [6.45, 7) is 3.04. The average molecular weight is 317 g/mol. The second kappa shape index (κ2) is 6.62. The molecule has 0 aromatic carbocycles. The van der Waals surface area contributed by atoms with Crippen LogP contribution in [0, 0.1) is 5.92 Å². The fraction of sp³-hybridized carbons (Fsp3) is 0.929. The molecule has 0 radical (unpaired) electrons. The van der Waals surface area contributed by atoms with Crippen LogP contribution in [0.1, 0.15) is 45.4 Å². The lowest BCUT2D eigenvalue weighted by atomic mass is 9.93. The van der Waals surface area contributed by atoms with Crippen molar-refractivity contribution in [2.24, 2.45) is 11.7 Å². The Kier molecular flexibility index (Phi) is 5.27. The van der Waals surface area contributed by atoms with Gasteiger partial charge in [0, 0.05) is 25.6 Å². The third kappa shape index (κ3) is 3.76. The number of hydrogen-bond donors (Lipinski definition) is 2. The SMILES string of the molecule is CCS(=O)(=O)N1CCC(C(=O)NC2(CN)CCCC2)CC1. The number of rotatable bonds is 5. The van der Waals surface area contributed by atoms with Gasteiger partial charge in [0.05, 0.1) is 11.3 Å². The minimum atomic E-state index is -3.13. The van der Waals surface area contributed by atoms with E-state index >= 15 is 0 Å². The van der Waals surface area contributed by atoms with E-state index in [0.29, 0.717) is 32.5 Å². The molecule has 122 valence electrons. The third-order valence-electron chi connectivity index (χ3n) is 4.92. The van der Waals surface area contributed by atoms with Crippen molar-refractivity contribution >= 4 is 15.9 Å². The lowest BCUT2D eigenvalue weighted by molar-refractivity contribution is -0.128. The molecule has 3 N–H and O–H groups in total. The Morgan fingerprint density at radius 1 is 1.29 bits per heavy atom. The van der Waals surface area contributed by atoms with E-state index in [2.05, 4.69) is 5.32 Å². The van der Waals surface area contributed by atoms with Gasteiger partial charge in [0.2, 0.25) is 15.9 Å². The molecule has 2 aliphatic rings. The van der Waals surface area contributed by atoms with E-state index in [4.69, 9.17) is 5.73 Å². The van der Waals surface area contributed by atoms with Crippen molar-refractivity contribution in [1.29, 1.82) is 0 Å². The third-order valence-corrected chi connectivity index (χ3v) is 6.80. The van der Waals surface area contributed by atoms with E-state index in [1.807, 2.05) is 0 Å². The summed E-state index contributed by atoms with van der Waals surface area (Å²) in [5, 5.41) is 3.15. The Labute approximate surface area is 127 Å². The van der Waals surface area contributed by atoms with Crippen molar-refractivity contribution in [2.45, 2.75) is 51.0 Å². The van der Waals surface area contributed by atoms with Crippen molar-refractivity contribution in [3.05, 3.63) is 0 Å². The molecule has 0 spiro atoms. The summed E-state index contributed by atoms with van der Waals surface area (Å²) >= 11 is 0. The molecule has 0 bridgehead atoms. The van der Waals surface area contributed by atoms with E-state index in [0.717, 1.165) is 25.7 Å². The van der Waals surface area contributed by atoms with Crippen LogP contribution in [0.4, 0.5) is 0 Å². The fourth-order valence-corrected chi connectivity index (χ4v) is 4.51. The summed E-state index contributed by atoms with van der Waals surface area (Å²) in [5.74, 6) is 0.0911. The first-order valence-corrected chi connectivity index (χ1v) is 9.53. The van der Waals surface area contributed by atoms with Crippen molar-refractivity contribution in [3.8, 4) is 0 Å². The van der Waals surface area contributed by atoms with E-state index < -0.39 is 10.0 Å². The molecule has 1 aliphatic carbocycles. The smallest absolute Gasteiger partial charge is 0.223 e. The summed E-state index contributed by atoms with van der Waals surface area (Å²) in [6.07, 6.45) is 5.35. The Morgan fingerprint density at radius 3 is 2.33 bits per heavy atom. The summed E-state index contributed by atoms with van der Waals surface area (Å²) < 4.78 is 25.1. The maximum atomic E-state index is 12.4. The van der Waals surface area contributed by atoms with E-state index in [-0.39, 0.29) is 23.1 Å². The van der Waals surface area contributed by atoms with Gasteiger partial charge >= 0.3 is 0 Å². The quantitative estimate of drug-likeness (QED) is 0.769. The van der Waals surface area contributed by atoms with Gasteiger partial charge in [-0.1, -0.05) is 12.8 Å². The number of carbonyl (C=O) groups excluding carboxylic acids is 1. The van der Waals surface area contributed by atoms with Gasteiger partial charge in [0.1, 0.15) is 0 Å². The Hall–Kier alpha value is -0.660. The first-order valence-electron chi connectivity index (χ1n) is 7.92. The molecule has 21 heavy (non-hydrogen) atoms. The minimum Gasteiger partial charge on any atom is -0.349 e. The normalized spacial score (nSPS) is 24.1. The van der Waals surface area contributed by atoms with Crippen LogP contribution in [0.15, 0.2) is 0 Å². The standard InChI is InChI=1S/C14H27N3O3S/c1-2-21(19,20)17-9-5-12(6-10-17)13(18)16-14(11-15)7-3-4-8-14/h12H,2-11,15H2,1H3,(H,16,18). The van der Waals surface area contributed by atoms with E-state index in [1.165, 1.54) is 4.31 Å². The predicted octanol–water partition coefficient (Wildman–Crippen LogP) is 0.436. The van der Waals surface area contributed by atoms with Gasteiger partial charge < -0.3 is 11.1 Å². The summed E-state index contributed by atoms with van der Waals surface area (Å²) in [7, 11) is -3.13. The maximum Gasteiger partial charge on any atom is 0.223 e. The molecule has 2 rings (SSSR count). The molecular formula is C14H27N3O3S. The highest BCUT2D eigenvalue weighted by Crippen LogP contribution is 2.30. The summed E-state index contributed by atoms with van der Waals surface area (Å²) in [5.41, 5.74) is 5.62. The number of carbonyl (C=O) groups is 1. The van der Waals surface area contributed by atoms with E-state index in [1.54, 1.807) is 6.92 Å². The zero-order valence-electron chi connectivity index (χ0n) is 12.8. The van der Waals surface area contributed by atoms with Crippen molar-refractivity contribution < 1.29 is 13.2 Å². The first kappa shape index (κ1) is 16.7. The number of amides is 1. The zero-order valence-corrected chi connectivity index (χ0v) is 13.6. The highest BCUT2D eigenvalue weighted by Gasteiger charge is 2.37. The first-order chi connectivity index (χ1) is 9.92. The lowest BCUT2D eigenvalue weighted by Gasteiger charge is -2.34. The molecule has 1 saturated carbocycles. The second-order valence-corrected chi connectivity index (χ2v) is 8.51. The molecule has 6 nitrogen and oxygen atoms in total. The van der Waals surface area contributed by atoms with Gasteiger partial charge in [-0.3, -0.25) is 4.79 Å². The van der Waals surface area contributed by atoms with Crippen LogP contribution in [0.5, 0.6) is 0 Å². The number of piperidine rings is 1. The highest BCUT2D eigenvalue weighted by molar-refractivity contribution is 7.89. The molecule has 2 fully saturated rings. The molecule has 1 heterocycles. The van der Waals surface area contributed by atoms with Crippen LogP contribution in [0.25, 0.3) is 0 Å². The van der Waals surface area contributed by atoms with Crippen LogP contribution >= 0.6 is 0 Å². The molecule has 1 saturated heterocycles. The van der Waals surface area contributed by atoms with Crippen LogP contribution in [0.3, 0.4) is 0 Å². The Bertz CT molecular complexity index is 464. The molecule has 7 heteroatoms. The molecule has 1 amide bonds. The van der Waals surface area contributed by atoms with Crippen LogP contribution in [-0.2, 0) is 14.8 Å². The molecule has 0 unspecified atom stereocenters. The van der Waals surface area contributed by atoms with E-state index in [9.17, 15) is 13.2 Å². The average Bonchev–Trinajstić information content (AvgIpc) is 2.96. The lowest BCUT2D eigenvalue weighted by Crippen LogP contribution is -2.54. The number of sulfonamides is 1. The van der Waals surface area contributed by atoms with Gasteiger partial charge in [-0.2, -0.15) is 0 Å². The fourth-order valence-electron chi connectivity index (χ4n) is 3.37. The maximum absolute atomic E-state index is 12.4. The van der Waals surface area contributed by atoms with Gasteiger partial charge in [0.15, 0.2) is 0 Å². The minimum absolute atomic E-state index is 0.0518. The molecule has 1 aliphatic heterocycles. The molecule has 0 aromatic heterocycles. The molecular weight excluding hydrogens is 290 g/mol. The second-order valence-electron chi connectivity index (χ2n) is 6.25. The summed E-state index contributed by atoms with van der Waals surface area (Å²) in [4.78, 5) is 12.4. The van der Waals surface area contributed by atoms with Crippen molar-refractivity contribution in [3.63, 3.8) is 0 Å². The predicted molar refractivity (Wildman–Crippen MR) is 82.2 cm³/mol. The van der Waals surface area contributed by atoms with Crippen molar-refractivity contribution in [1.82, 2.24) is 9.62 Å². The monoisotopic (exact) mass is 317 g/mol. The van der Waals surface area contributed by atoms with Gasteiger partial charge in [-0.05, 0) is 32.6 Å². The molecule has 0 atom stereocenters. The van der Waals surface area contributed by atoms with Gasteiger partial charge in [-0.25, -0.2) is 12.7 Å². The van der Waals surface area contributed by atoms with Crippen LogP contribution < -0.4 is 11.1 Å². The number of nitrogens with two attached hydrogens (primary N) is 1. The Balaban J connectivity index is 1.89. The topological polar surface area (TPSA) is 92.5 Å². The highest BCUT2D eigenvalue weighted by atomic mass is 32.2. The van der Waals surface area contributed by atoms with Gasteiger partial charge in [-0.15, -0.1) is 0 Å². The summed E-state index contributed by atoms with van der Waals surface area (Å²) in [6, 6.07) is 0. The number of nitrogens with zero attached hydrogens (tertiary/aromatic N) is 1.